The smallest absolute Gasteiger partial charge is 0.188 e. The Bertz CT molecular complexity index is 801. The van der Waals surface area contributed by atoms with E-state index in [0.29, 0.717) is 16.6 Å². The van der Waals surface area contributed by atoms with Crippen LogP contribution in [0.2, 0.25) is 0 Å². The van der Waals surface area contributed by atoms with E-state index in [-0.39, 0.29) is 5.78 Å². The number of ketones is 1. The molecule has 0 aliphatic carbocycles. The van der Waals surface area contributed by atoms with Gasteiger partial charge in [0, 0.05) is 18.6 Å². The molecule has 1 atom stereocenters. The van der Waals surface area contributed by atoms with E-state index in [2.05, 4.69) is 16.2 Å². The molecule has 3 aromatic rings. The van der Waals surface area contributed by atoms with Gasteiger partial charge in [-0.3, -0.25) is 9.78 Å². The number of pyridine rings is 2. The molecule has 5 nitrogen and oxygen atoms in total. The Labute approximate surface area is 115 Å². The lowest BCUT2D eigenvalue weighted by atomic mass is 9.93. The minimum absolute atomic E-state index is 0.250. The van der Waals surface area contributed by atoms with Crippen molar-refractivity contribution >= 4 is 11.3 Å². The van der Waals surface area contributed by atoms with Gasteiger partial charge in [-0.1, -0.05) is 6.07 Å². The van der Waals surface area contributed by atoms with Crippen molar-refractivity contribution in [1.29, 1.82) is 5.26 Å². The van der Waals surface area contributed by atoms with E-state index in [1.807, 2.05) is 12.1 Å². The number of carbonyl (C=O) groups is 1. The molecule has 0 aliphatic heterocycles. The maximum Gasteiger partial charge on any atom is 0.188 e. The topological polar surface area (TPSA) is 71.0 Å². The molecular weight excluding hydrogens is 252 g/mol. The summed E-state index contributed by atoms with van der Waals surface area (Å²) in [6.45, 7) is 0. The standard InChI is InChI=1S/C15H10N4O/c16-9-12(11-4-6-17-7-5-11)15(20)13-10-18-19-8-2-1-3-14(13)19/h1-8,10,12H. The number of hydrogen-bond donors (Lipinski definition) is 0. The van der Waals surface area contributed by atoms with Gasteiger partial charge in [0.1, 0.15) is 5.92 Å². The fourth-order valence-electron chi connectivity index (χ4n) is 2.12. The Balaban J connectivity index is 2.06. The molecule has 0 saturated heterocycles. The van der Waals surface area contributed by atoms with Crippen molar-refractivity contribution < 1.29 is 4.79 Å². The van der Waals surface area contributed by atoms with E-state index in [0.717, 1.165) is 0 Å². The lowest BCUT2D eigenvalue weighted by molar-refractivity contribution is 0.0980. The first kappa shape index (κ1) is 12.1. The van der Waals surface area contributed by atoms with Crippen LogP contribution in [-0.4, -0.2) is 20.4 Å². The summed E-state index contributed by atoms with van der Waals surface area (Å²) in [6, 6.07) is 10.9. The number of aromatic nitrogens is 3. The Morgan fingerprint density at radius 2 is 2.05 bits per heavy atom. The second-order valence-electron chi connectivity index (χ2n) is 4.30. The molecule has 3 aromatic heterocycles. The second kappa shape index (κ2) is 4.94. The molecule has 0 fully saturated rings. The number of fused-ring (bicyclic) bond motifs is 1. The average Bonchev–Trinajstić information content (AvgIpc) is 2.93. The van der Waals surface area contributed by atoms with Crippen LogP contribution < -0.4 is 0 Å². The molecule has 20 heavy (non-hydrogen) atoms. The van der Waals surface area contributed by atoms with E-state index >= 15 is 0 Å². The van der Waals surface area contributed by atoms with Gasteiger partial charge in [-0.25, -0.2) is 4.52 Å². The number of hydrogen-bond acceptors (Lipinski definition) is 4. The van der Waals surface area contributed by atoms with Crippen LogP contribution in [0.3, 0.4) is 0 Å². The lowest BCUT2D eigenvalue weighted by Crippen LogP contribution is -2.11. The second-order valence-corrected chi connectivity index (χ2v) is 4.30. The third kappa shape index (κ3) is 1.93. The number of carbonyl (C=O) groups excluding carboxylic acids is 1. The molecule has 0 N–H and O–H groups in total. The molecule has 0 aliphatic rings. The average molecular weight is 262 g/mol. The predicted molar refractivity (Wildman–Crippen MR) is 72.1 cm³/mol. The lowest BCUT2D eigenvalue weighted by Gasteiger charge is -2.06. The van der Waals surface area contributed by atoms with Crippen LogP contribution >= 0.6 is 0 Å². The summed E-state index contributed by atoms with van der Waals surface area (Å²) in [5, 5.41) is 13.4. The minimum Gasteiger partial charge on any atom is -0.292 e. The largest absolute Gasteiger partial charge is 0.292 e. The SMILES string of the molecule is N#CC(C(=O)c1cnn2ccccc12)c1ccncc1. The van der Waals surface area contributed by atoms with Gasteiger partial charge in [-0.2, -0.15) is 10.4 Å². The van der Waals surface area contributed by atoms with Crippen molar-refractivity contribution in [2.45, 2.75) is 5.92 Å². The maximum atomic E-state index is 12.6. The van der Waals surface area contributed by atoms with Gasteiger partial charge in [0.2, 0.25) is 0 Å². The summed E-state index contributed by atoms with van der Waals surface area (Å²) < 4.78 is 1.62. The highest BCUT2D eigenvalue weighted by atomic mass is 16.1. The third-order valence-electron chi connectivity index (χ3n) is 3.12. The van der Waals surface area contributed by atoms with Crippen LogP contribution in [0.5, 0.6) is 0 Å². The summed E-state index contributed by atoms with van der Waals surface area (Å²) in [5.41, 5.74) is 1.79. The molecule has 96 valence electrons. The number of Topliss-reactive ketones (excluding diaryl/α,β-unsaturated/α-hetero) is 1. The quantitative estimate of drug-likeness (QED) is 0.678. The fourth-order valence-corrected chi connectivity index (χ4v) is 2.12. The van der Waals surface area contributed by atoms with Gasteiger partial charge in [-0.05, 0) is 29.8 Å². The Hall–Kier alpha value is -3.00. The predicted octanol–water partition coefficient (Wildman–Crippen LogP) is 2.22. The van der Waals surface area contributed by atoms with Gasteiger partial charge in [0.05, 0.1) is 23.3 Å². The summed E-state index contributed by atoms with van der Waals surface area (Å²) in [5.74, 6) is -1.09. The number of rotatable bonds is 3. The van der Waals surface area contributed by atoms with Crippen molar-refractivity contribution in [3.63, 3.8) is 0 Å². The van der Waals surface area contributed by atoms with E-state index in [1.54, 1.807) is 41.3 Å². The first-order valence-corrected chi connectivity index (χ1v) is 6.07. The van der Waals surface area contributed by atoms with Crippen LogP contribution in [0.15, 0.2) is 55.1 Å². The van der Waals surface area contributed by atoms with E-state index in [9.17, 15) is 10.1 Å². The molecule has 0 radical (unpaired) electrons. The highest BCUT2D eigenvalue weighted by Gasteiger charge is 2.24. The normalized spacial score (nSPS) is 11.9. The van der Waals surface area contributed by atoms with Gasteiger partial charge < -0.3 is 0 Å². The molecule has 0 bridgehead atoms. The van der Waals surface area contributed by atoms with Crippen molar-refractivity contribution in [2.75, 3.05) is 0 Å². The van der Waals surface area contributed by atoms with E-state index in [1.165, 1.54) is 6.20 Å². The summed E-state index contributed by atoms with van der Waals surface area (Å²) in [4.78, 5) is 16.5. The van der Waals surface area contributed by atoms with Crippen LogP contribution in [0.25, 0.3) is 5.52 Å². The van der Waals surface area contributed by atoms with Crippen molar-refractivity contribution in [3.05, 3.63) is 66.2 Å². The molecule has 1 unspecified atom stereocenters. The molecule has 0 amide bonds. The van der Waals surface area contributed by atoms with Gasteiger partial charge >= 0.3 is 0 Å². The van der Waals surface area contributed by atoms with Crippen LogP contribution in [0.4, 0.5) is 0 Å². The summed E-state index contributed by atoms with van der Waals surface area (Å²) in [7, 11) is 0. The van der Waals surface area contributed by atoms with Gasteiger partial charge in [-0.15, -0.1) is 0 Å². The molecular formula is C15H10N4O. The molecule has 3 rings (SSSR count). The number of nitrogens with zero attached hydrogens (tertiary/aromatic N) is 4. The maximum absolute atomic E-state index is 12.6. The Morgan fingerprint density at radius 3 is 2.80 bits per heavy atom. The highest BCUT2D eigenvalue weighted by molar-refractivity contribution is 6.07. The third-order valence-corrected chi connectivity index (χ3v) is 3.12. The van der Waals surface area contributed by atoms with Crippen molar-refractivity contribution in [1.82, 2.24) is 14.6 Å². The molecule has 3 heterocycles. The Kier molecular flexibility index (Phi) is 2.98. The first-order valence-electron chi connectivity index (χ1n) is 6.07. The van der Waals surface area contributed by atoms with E-state index < -0.39 is 5.92 Å². The summed E-state index contributed by atoms with van der Waals surface area (Å²) >= 11 is 0. The zero-order chi connectivity index (χ0) is 13.9. The zero-order valence-corrected chi connectivity index (χ0v) is 10.5. The fraction of sp³-hybridized carbons (Fsp3) is 0.0667. The zero-order valence-electron chi connectivity index (χ0n) is 10.5. The highest BCUT2D eigenvalue weighted by Crippen LogP contribution is 2.22. The van der Waals surface area contributed by atoms with E-state index in [4.69, 9.17) is 0 Å². The molecule has 0 saturated carbocycles. The van der Waals surface area contributed by atoms with Crippen molar-refractivity contribution in [3.8, 4) is 6.07 Å². The van der Waals surface area contributed by atoms with Gasteiger partial charge in [0.15, 0.2) is 5.78 Å². The summed E-state index contributed by atoms with van der Waals surface area (Å²) in [6.07, 6.45) is 6.41. The molecule has 5 heteroatoms. The monoisotopic (exact) mass is 262 g/mol. The van der Waals surface area contributed by atoms with Crippen LogP contribution in [-0.2, 0) is 0 Å². The molecule has 0 aromatic carbocycles. The van der Waals surface area contributed by atoms with Crippen LogP contribution in [0.1, 0.15) is 21.8 Å². The van der Waals surface area contributed by atoms with Crippen LogP contribution in [0, 0.1) is 11.3 Å². The number of nitriles is 1. The van der Waals surface area contributed by atoms with Gasteiger partial charge in [0.25, 0.3) is 0 Å². The first-order chi connectivity index (χ1) is 9.81. The van der Waals surface area contributed by atoms with Crippen molar-refractivity contribution in [2.24, 2.45) is 0 Å². The Morgan fingerprint density at radius 1 is 1.25 bits per heavy atom. The minimum atomic E-state index is -0.841. The molecule has 0 spiro atoms.